The predicted molar refractivity (Wildman–Crippen MR) is 62.2 cm³/mol. The van der Waals surface area contributed by atoms with Gasteiger partial charge in [0.15, 0.2) is 0 Å². The van der Waals surface area contributed by atoms with Crippen LogP contribution in [-0.2, 0) is 6.61 Å². The highest BCUT2D eigenvalue weighted by Gasteiger charge is 2.06. The van der Waals surface area contributed by atoms with Crippen molar-refractivity contribution in [2.24, 2.45) is 0 Å². The second-order valence-electron chi connectivity index (χ2n) is 3.00. The summed E-state index contributed by atoms with van der Waals surface area (Å²) in [5, 5.41) is 13.9. The molecule has 0 unspecified atom stereocenters. The zero-order chi connectivity index (χ0) is 10.8. The van der Waals surface area contributed by atoms with E-state index in [1.807, 2.05) is 12.1 Å². The molecule has 0 radical (unpaired) electrons. The predicted octanol–water partition coefficient (Wildman–Crippen LogP) is 2.78. The topological polar surface area (TPSA) is 38.1 Å². The number of aromatic nitrogens is 2. The van der Waals surface area contributed by atoms with Crippen molar-refractivity contribution in [2.45, 2.75) is 6.61 Å². The van der Waals surface area contributed by atoms with Gasteiger partial charge in [-0.15, -0.1) is 0 Å². The van der Waals surface area contributed by atoms with E-state index in [0.717, 1.165) is 10.2 Å². The molecule has 0 atom stereocenters. The van der Waals surface area contributed by atoms with Gasteiger partial charge in [-0.1, -0.05) is 11.6 Å². The Morgan fingerprint density at radius 3 is 2.53 bits per heavy atom. The molecule has 1 aromatic heterocycles. The van der Waals surface area contributed by atoms with Crippen LogP contribution in [0.25, 0.3) is 5.69 Å². The lowest BCUT2D eigenvalue weighted by atomic mass is 10.3. The van der Waals surface area contributed by atoms with Crippen molar-refractivity contribution < 1.29 is 5.11 Å². The number of hydrogen-bond acceptors (Lipinski definition) is 2. The quantitative estimate of drug-likeness (QED) is 0.922. The summed E-state index contributed by atoms with van der Waals surface area (Å²) in [5.74, 6) is 0. The van der Waals surface area contributed by atoms with E-state index in [1.54, 1.807) is 23.0 Å². The Balaban J connectivity index is 2.41. The van der Waals surface area contributed by atoms with E-state index in [1.165, 1.54) is 0 Å². The number of hydrogen-bond donors (Lipinski definition) is 1. The minimum absolute atomic E-state index is 0.0822. The van der Waals surface area contributed by atoms with E-state index in [0.29, 0.717) is 10.7 Å². The molecule has 0 aliphatic heterocycles. The Kier molecular flexibility index (Phi) is 3.09. The third kappa shape index (κ3) is 2.22. The number of benzene rings is 1. The Hall–Kier alpha value is -0.840. The Labute approximate surface area is 100 Å². The van der Waals surface area contributed by atoms with Crippen LogP contribution in [0.5, 0.6) is 0 Å². The maximum Gasteiger partial charge on any atom is 0.102 e. The number of aliphatic hydroxyl groups excluding tert-OH is 1. The van der Waals surface area contributed by atoms with Crippen molar-refractivity contribution in [1.29, 1.82) is 0 Å². The summed E-state index contributed by atoms with van der Waals surface area (Å²) in [4.78, 5) is 0. The fourth-order valence-corrected chi connectivity index (χ4v) is 1.75. The van der Waals surface area contributed by atoms with Crippen LogP contribution in [0.1, 0.15) is 5.69 Å². The number of nitrogens with zero attached hydrogens (tertiary/aromatic N) is 2. The molecule has 15 heavy (non-hydrogen) atoms. The molecule has 0 aliphatic carbocycles. The van der Waals surface area contributed by atoms with Crippen LogP contribution in [0.4, 0.5) is 0 Å². The number of aliphatic hydroxyl groups is 1. The molecule has 0 saturated heterocycles. The van der Waals surface area contributed by atoms with Gasteiger partial charge in [0.1, 0.15) is 5.69 Å². The fourth-order valence-electron chi connectivity index (χ4n) is 1.22. The molecular formula is C10H8BrClN2O. The van der Waals surface area contributed by atoms with Crippen molar-refractivity contribution >= 4 is 27.5 Å². The molecule has 0 saturated carbocycles. The molecule has 0 bridgehead atoms. The standard InChI is InChI=1S/C10H8BrClN2O/c11-9-5-14(13-10(9)6-15)8-3-1-7(12)2-4-8/h1-5,15H,6H2. The molecule has 2 rings (SSSR count). The average Bonchev–Trinajstić information content (AvgIpc) is 2.61. The van der Waals surface area contributed by atoms with Gasteiger partial charge in [0.2, 0.25) is 0 Å². The minimum Gasteiger partial charge on any atom is -0.390 e. The second kappa shape index (κ2) is 4.35. The first kappa shape index (κ1) is 10.7. The molecule has 5 heteroatoms. The van der Waals surface area contributed by atoms with Gasteiger partial charge in [-0.05, 0) is 40.2 Å². The largest absolute Gasteiger partial charge is 0.390 e. The lowest BCUT2D eigenvalue weighted by Crippen LogP contribution is -1.95. The maximum absolute atomic E-state index is 9.00. The zero-order valence-corrected chi connectivity index (χ0v) is 10.0. The summed E-state index contributed by atoms with van der Waals surface area (Å²) in [5.41, 5.74) is 1.52. The van der Waals surface area contributed by atoms with Gasteiger partial charge in [0.05, 0.1) is 16.8 Å². The van der Waals surface area contributed by atoms with Crippen LogP contribution in [0.3, 0.4) is 0 Å². The average molecular weight is 288 g/mol. The second-order valence-corrected chi connectivity index (χ2v) is 4.29. The fraction of sp³-hybridized carbons (Fsp3) is 0.100. The molecule has 1 N–H and O–H groups in total. The highest BCUT2D eigenvalue weighted by Crippen LogP contribution is 2.19. The molecule has 0 spiro atoms. The van der Waals surface area contributed by atoms with Gasteiger partial charge in [0.25, 0.3) is 0 Å². The maximum atomic E-state index is 9.00. The normalized spacial score (nSPS) is 10.6. The number of halogens is 2. The molecule has 0 amide bonds. The van der Waals surface area contributed by atoms with Crippen LogP contribution >= 0.6 is 27.5 Å². The minimum atomic E-state index is -0.0822. The Morgan fingerprint density at radius 1 is 1.33 bits per heavy atom. The molecule has 1 heterocycles. The van der Waals surface area contributed by atoms with Crippen LogP contribution in [0.2, 0.25) is 5.02 Å². The van der Waals surface area contributed by atoms with Gasteiger partial charge in [-0.2, -0.15) is 5.10 Å². The van der Waals surface area contributed by atoms with Crippen molar-refractivity contribution in [3.05, 3.63) is 45.7 Å². The van der Waals surface area contributed by atoms with Crippen LogP contribution in [0, 0.1) is 0 Å². The molecule has 78 valence electrons. The van der Waals surface area contributed by atoms with Crippen molar-refractivity contribution in [3.8, 4) is 5.69 Å². The van der Waals surface area contributed by atoms with E-state index in [9.17, 15) is 0 Å². The van der Waals surface area contributed by atoms with Gasteiger partial charge in [0, 0.05) is 11.2 Å². The van der Waals surface area contributed by atoms with E-state index >= 15 is 0 Å². The summed E-state index contributed by atoms with van der Waals surface area (Å²) >= 11 is 9.10. The van der Waals surface area contributed by atoms with Gasteiger partial charge >= 0.3 is 0 Å². The van der Waals surface area contributed by atoms with Gasteiger partial charge in [-0.25, -0.2) is 4.68 Å². The van der Waals surface area contributed by atoms with Crippen molar-refractivity contribution in [1.82, 2.24) is 9.78 Å². The van der Waals surface area contributed by atoms with E-state index in [2.05, 4.69) is 21.0 Å². The summed E-state index contributed by atoms with van der Waals surface area (Å²) in [6.45, 7) is -0.0822. The SMILES string of the molecule is OCc1nn(-c2ccc(Cl)cc2)cc1Br. The van der Waals surface area contributed by atoms with E-state index < -0.39 is 0 Å². The Bertz CT molecular complexity index is 467. The summed E-state index contributed by atoms with van der Waals surface area (Å²) in [6, 6.07) is 7.32. The lowest BCUT2D eigenvalue weighted by Gasteiger charge is -2.00. The first-order valence-corrected chi connectivity index (χ1v) is 5.48. The lowest BCUT2D eigenvalue weighted by molar-refractivity contribution is 0.275. The van der Waals surface area contributed by atoms with Crippen molar-refractivity contribution in [3.63, 3.8) is 0 Å². The summed E-state index contributed by atoms with van der Waals surface area (Å²) < 4.78 is 2.48. The monoisotopic (exact) mass is 286 g/mol. The highest BCUT2D eigenvalue weighted by atomic mass is 79.9. The molecule has 2 aromatic rings. The van der Waals surface area contributed by atoms with Gasteiger partial charge in [-0.3, -0.25) is 0 Å². The smallest absolute Gasteiger partial charge is 0.102 e. The summed E-state index contributed by atoms with van der Waals surface area (Å²) in [7, 11) is 0. The van der Waals surface area contributed by atoms with Gasteiger partial charge < -0.3 is 5.11 Å². The third-order valence-electron chi connectivity index (χ3n) is 1.98. The molecule has 0 fully saturated rings. The van der Waals surface area contributed by atoms with E-state index in [4.69, 9.17) is 16.7 Å². The third-order valence-corrected chi connectivity index (χ3v) is 2.90. The molecule has 3 nitrogen and oxygen atoms in total. The Morgan fingerprint density at radius 2 is 2.00 bits per heavy atom. The highest BCUT2D eigenvalue weighted by molar-refractivity contribution is 9.10. The molecular weight excluding hydrogens is 279 g/mol. The van der Waals surface area contributed by atoms with Crippen LogP contribution in [0.15, 0.2) is 34.9 Å². The summed E-state index contributed by atoms with van der Waals surface area (Å²) in [6.07, 6.45) is 1.80. The first-order valence-electron chi connectivity index (χ1n) is 4.31. The van der Waals surface area contributed by atoms with Crippen molar-refractivity contribution in [2.75, 3.05) is 0 Å². The van der Waals surface area contributed by atoms with E-state index in [-0.39, 0.29) is 6.61 Å². The first-order chi connectivity index (χ1) is 7.20. The zero-order valence-electron chi connectivity index (χ0n) is 7.69. The van der Waals surface area contributed by atoms with Crippen LogP contribution < -0.4 is 0 Å². The molecule has 0 aliphatic rings. The number of rotatable bonds is 2. The molecule has 1 aromatic carbocycles. The van der Waals surface area contributed by atoms with Crippen LogP contribution in [-0.4, -0.2) is 14.9 Å².